The van der Waals surface area contributed by atoms with E-state index in [9.17, 15) is 4.79 Å². The Kier molecular flexibility index (Phi) is 8.42. The van der Waals surface area contributed by atoms with E-state index < -0.39 is 5.97 Å². The monoisotopic (exact) mass is 518 g/mol. The van der Waals surface area contributed by atoms with Crippen molar-refractivity contribution < 1.29 is 14.6 Å². The van der Waals surface area contributed by atoms with E-state index in [-0.39, 0.29) is 6.42 Å². The van der Waals surface area contributed by atoms with Crippen LogP contribution in [0.4, 0.5) is 11.6 Å². The Bertz CT molecular complexity index is 1330. The number of anilines is 2. The van der Waals surface area contributed by atoms with Crippen molar-refractivity contribution in [2.45, 2.75) is 70.8 Å². The van der Waals surface area contributed by atoms with Crippen LogP contribution < -0.4 is 10.1 Å². The smallest absolute Gasteiger partial charge is 0.303 e. The van der Waals surface area contributed by atoms with Crippen LogP contribution in [0.25, 0.3) is 16.9 Å². The molecule has 1 aromatic carbocycles. The lowest BCUT2D eigenvalue weighted by Gasteiger charge is -2.13. The Morgan fingerprint density at radius 3 is 2.68 bits per heavy atom. The standard InChI is InChI=1S/C27H34N8O3/c36-25(37)9-5-6-16-38-23-12-10-22(11-13-23)35-26-24(32-33-35)18-28-27(31-26)30-21-17-29-34(19-21)15-14-20-7-3-1-2-4-8-20/h10-13,17-20H,1-9,14-16H2,(H,36,37)(H,28,30,31). The van der Waals surface area contributed by atoms with Crippen molar-refractivity contribution in [2.24, 2.45) is 5.92 Å². The first-order valence-electron chi connectivity index (χ1n) is 13.5. The average molecular weight is 519 g/mol. The van der Waals surface area contributed by atoms with Crippen molar-refractivity contribution in [1.29, 1.82) is 0 Å². The molecule has 0 aliphatic heterocycles. The van der Waals surface area contributed by atoms with Crippen molar-refractivity contribution in [3.8, 4) is 11.4 Å². The maximum atomic E-state index is 10.6. The summed E-state index contributed by atoms with van der Waals surface area (Å²) in [7, 11) is 0. The van der Waals surface area contributed by atoms with Gasteiger partial charge in [-0.05, 0) is 49.4 Å². The van der Waals surface area contributed by atoms with E-state index in [1.807, 2.05) is 35.1 Å². The number of rotatable bonds is 12. The van der Waals surface area contributed by atoms with E-state index in [4.69, 9.17) is 9.84 Å². The number of ether oxygens (including phenoxy) is 1. The lowest BCUT2D eigenvalue weighted by molar-refractivity contribution is -0.137. The van der Waals surface area contributed by atoms with Crippen molar-refractivity contribution >= 4 is 28.8 Å². The second-order valence-corrected chi connectivity index (χ2v) is 9.86. The molecule has 0 unspecified atom stereocenters. The second-order valence-electron chi connectivity index (χ2n) is 9.86. The van der Waals surface area contributed by atoms with Gasteiger partial charge in [0.05, 0.1) is 30.4 Å². The molecule has 11 heteroatoms. The first kappa shape index (κ1) is 25.6. The Labute approximate surface area is 221 Å². The Morgan fingerprint density at radius 1 is 1.08 bits per heavy atom. The maximum absolute atomic E-state index is 10.6. The molecule has 0 radical (unpaired) electrons. The first-order chi connectivity index (χ1) is 18.6. The van der Waals surface area contributed by atoms with E-state index in [0.717, 1.165) is 23.8 Å². The molecule has 2 N–H and O–H groups in total. The largest absolute Gasteiger partial charge is 0.494 e. The van der Waals surface area contributed by atoms with Crippen LogP contribution in [0, 0.1) is 5.92 Å². The van der Waals surface area contributed by atoms with Gasteiger partial charge >= 0.3 is 5.97 Å². The van der Waals surface area contributed by atoms with Crippen LogP contribution >= 0.6 is 0 Å². The Balaban J connectivity index is 1.19. The van der Waals surface area contributed by atoms with E-state index in [0.29, 0.717) is 42.3 Å². The van der Waals surface area contributed by atoms with Gasteiger partial charge in [-0.25, -0.2) is 4.98 Å². The Morgan fingerprint density at radius 2 is 1.89 bits per heavy atom. The topological polar surface area (TPSA) is 133 Å². The number of carboxylic acid groups (broad SMARTS) is 1. The molecule has 0 amide bonds. The normalized spacial score (nSPS) is 14.4. The zero-order chi connectivity index (χ0) is 26.2. The number of hydrogen-bond donors (Lipinski definition) is 2. The minimum atomic E-state index is -0.785. The molecular weight excluding hydrogens is 484 g/mol. The molecule has 4 aromatic rings. The molecule has 11 nitrogen and oxygen atoms in total. The summed E-state index contributed by atoms with van der Waals surface area (Å²) >= 11 is 0. The summed E-state index contributed by atoms with van der Waals surface area (Å²) in [6.07, 6.45) is 16.2. The average Bonchev–Trinajstić information content (AvgIpc) is 3.46. The van der Waals surface area contributed by atoms with E-state index in [1.54, 1.807) is 17.1 Å². The molecule has 1 aliphatic rings. The molecule has 0 spiro atoms. The zero-order valence-electron chi connectivity index (χ0n) is 21.5. The third-order valence-corrected chi connectivity index (χ3v) is 6.96. The quantitative estimate of drug-likeness (QED) is 0.193. The fraction of sp³-hybridized carbons (Fsp3) is 0.481. The van der Waals surface area contributed by atoms with Crippen LogP contribution in [0.15, 0.2) is 42.9 Å². The molecule has 200 valence electrons. The molecule has 1 saturated carbocycles. The molecule has 3 aromatic heterocycles. The molecule has 0 saturated heterocycles. The zero-order valence-corrected chi connectivity index (χ0v) is 21.5. The number of nitrogens with zero attached hydrogens (tertiary/aromatic N) is 7. The van der Waals surface area contributed by atoms with E-state index in [2.05, 4.69) is 30.7 Å². The SMILES string of the molecule is O=C(O)CCCCOc1ccc(-n2nnc3cnc(Nc4cnn(CCC5CCCCCC5)c4)nc32)cc1. The third-order valence-electron chi connectivity index (χ3n) is 6.96. The lowest BCUT2D eigenvalue weighted by Crippen LogP contribution is -2.06. The summed E-state index contributed by atoms with van der Waals surface area (Å²) in [6, 6.07) is 7.47. The van der Waals surface area contributed by atoms with Gasteiger partial charge in [-0.3, -0.25) is 9.48 Å². The number of aliphatic carboxylic acids is 1. The summed E-state index contributed by atoms with van der Waals surface area (Å²) in [5.41, 5.74) is 2.81. The number of nitrogens with one attached hydrogen (secondary N) is 1. The van der Waals surface area contributed by atoms with Gasteiger partial charge in [0.15, 0.2) is 11.2 Å². The predicted octanol–water partition coefficient (Wildman–Crippen LogP) is 5.14. The molecule has 1 fully saturated rings. The number of hydrogen-bond acceptors (Lipinski definition) is 8. The molecule has 0 atom stereocenters. The second kappa shape index (κ2) is 12.5. The third kappa shape index (κ3) is 6.84. The Hall–Kier alpha value is -4.02. The van der Waals surface area contributed by atoms with Gasteiger partial charge in [-0.1, -0.05) is 43.7 Å². The van der Waals surface area contributed by atoms with Crippen LogP contribution in [-0.2, 0) is 11.3 Å². The minimum Gasteiger partial charge on any atom is -0.494 e. The van der Waals surface area contributed by atoms with Gasteiger partial charge in [0.2, 0.25) is 5.95 Å². The van der Waals surface area contributed by atoms with Crippen LogP contribution in [0.5, 0.6) is 5.75 Å². The summed E-state index contributed by atoms with van der Waals surface area (Å²) < 4.78 is 9.37. The highest BCUT2D eigenvalue weighted by Crippen LogP contribution is 2.26. The summed E-state index contributed by atoms with van der Waals surface area (Å²) in [4.78, 5) is 19.6. The van der Waals surface area contributed by atoms with Gasteiger partial charge in [-0.2, -0.15) is 14.8 Å². The van der Waals surface area contributed by atoms with Crippen molar-refractivity contribution in [2.75, 3.05) is 11.9 Å². The first-order valence-corrected chi connectivity index (χ1v) is 13.5. The van der Waals surface area contributed by atoms with Crippen molar-refractivity contribution in [3.05, 3.63) is 42.9 Å². The fourth-order valence-corrected chi connectivity index (χ4v) is 4.86. The van der Waals surface area contributed by atoms with Gasteiger partial charge in [0.25, 0.3) is 0 Å². The molecule has 1 aliphatic carbocycles. The van der Waals surface area contributed by atoms with Gasteiger partial charge < -0.3 is 15.2 Å². The number of fused-ring (bicyclic) bond motifs is 1. The van der Waals surface area contributed by atoms with E-state index >= 15 is 0 Å². The molecular formula is C27H34N8O3. The van der Waals surface area contributed by atoms with Gasteiger partial charge in [0, 0.05) is 19.2 Å². The predicted molar refractivity (Wildman–Crippen MR) is 143 cm³/mol. The minimum absolute atomic E-state index is 0.156. The highest BCUT2D eigenvalue weighted by molar-refractivity contribution is 5.72. The number of aromatic nitrogens is 7. The van der Waals surface area contributed by atoms with Crippen molar-refractivity contribution in [1.82, 2.24) is 34.7 Å². The van der Waals surface area contributed by atoms with Crippen LogP contribution in [0.2, 0.25) is 0 Å². The fourth-order valence-electron chi connectivity index (χ4n) is 4.86. The molecule has 0 bridgehead atoms. The molecule has 3 heterocycles. The summed E-state index contributed by atoms with van der Waals surface area (Å²) in [6.45, 7) is 1.39. The van der Waals surface area contributed by atoms with E-state index in [1.165, 1.54) is 44.9 Å². The lowest BCUT2D eigenvalue weighted by atomic mass is 9.97. The molecule has 5 rings (SSSR count). The number of aryl methyl sites for hydroxylation is 1. The highest BCUT2D eigenvalue weighted by Gasteiger charge is 2.14. The van der Waals surface area contributed by atoms with Crippen LogP contribution in [0.3, 0.4) is 0 Å². The maximum Gasteiger partial charge on any atom is 0.303 e. The number of carboxylic acids is 1. The number of carbonyl (C=O) groups is 1. The van der Waals surface area contributed by atoms with Gasteiger partial charge in [0.1, 0.15) is 5.75 Å². The number of benzene rings is 1. The van der Waals surface area contributed by atoms with Gasteiger partial charge in [-0.15, -0.1) is 5.10 Å². The number of unbranched alkanes of at least 4 members (excludes halogenated alkanes) is 1. The highest BCUT2D eigenvalue weighted by atomic mass is 16.5. The summed E-state index contributed by atoms with van der Waals surface area (Å²) in [5, 5.41) is 24.9. The van der Waals surface area contributed by atoms with Crippen LogP contribution in [-0.4, -0.2) is 52.4 Å². The van der Waals surface area contributed by atoms with Crippen molar-refractivity contribution in [3.63, 3.8) is 0 Å². The summed E-state index contributed by atoms with van der Waals surface area (Å²) in [5.74, 6) is 1.18. The van der Waals surface area contributed by atoms with Crippen LogP contribution in [0.1, 0.15) is 64.2 Å². The molecule has 38 heavy (non-hydrogen) atoms.